The molecule has 5 heteroatoms. The summed E-state index contributed by atoms with van der Waals surface area (Å²) >= 11 is 0. The van der Waals surface area contributed by atoms with Gasteiger partial charge in [0.05, 0.1) is 11.2 Å². The van der Waals surface area contributed by atoms with Crippen LogP contribution in [0.3, 0.4) is 0 Å². The Kier molecular flexibility index (Phi) is 4.76. The van der Waals surface area contributed by atoms with Gasteiger partial charge in [-0.05, 0) is 78.4 Å². The largest absolute Gasteiger partial charge is 0.495 e. The maximum absolute atomic E-state index is 13.0. The molecule has 1 unspecified atom stereocenters. The second-order valence-electron chi connectivity index (χ2n) is 8.50. The molecular formula is C20H30BNO3. The number of rotatable bonds is 2. The van der Waals surface area contributed by atoms with Gasteiger partial charge in [-0.1, -0.05) is 11.6 Å². The lowest BCUT2D eigenvalue weighted by atomic mass is 9.75. The van der Waals surface area contributed by atoms with Crippen LogP contribution in [0.15, 0.2) is 18.2 Å². The van der Waals surface area contributed by atoms with E-state index in [-0.39, 0.29) is 17.1 Å². The molecule has 2 aliphatic heterocycles. The zero-order valence-electron chi connectivity index (χ0n) is 16.4. The number of hydrogen-bond donors (Lipinski definition) is 0. The van der Waals surface area contributed by atoms with E-state index in [4.69, 9.17) is 9.31 Å². The molecular weight excluding hydrogens is 313 g/mol. The fraction of sp³-hybridized carbons (Fsp3) is 0.650. The van der Waals surface area contributed by atoms with E-state index in [1.165, 1.54) is 6.42 Å². The second-order valence-corrected chi connectivity index (χ2v) is 8.50. The van der Waals surface area contributed by atoms with Crippen LogP contribution < -0.4 is 5.46 Å². The average molecular weight is 343 g/mol. The van der Waals surface area contributed by atoms with E-state index in [1.54, 1.807) is 0 Å². The van der Waals surface area contributed by atoms with Crippen molar-refractivity contribution in [1.29, 1.82) is 0 Å². The monoisotopic (exact) mass is 343 g/mol. The molecule has 2 aliphatic rings. The van der Waals surface area contributed by atoms with Gasteiger partial charge in [-0.15, -0.1) is 0 Å². The molecule has 0 N–H and O–H groups in total. The van der Waals surface area contributed by atoms with Gasteiger partial charge < -0.3 is 14.2 Å². The molecule has 1 atom stereocenters. The SMILES string of the molecule is Cc1ccc(C(=O)N2CCCCC2C)cc1B1OC(C)(C)C(C)(C)O1. The van der Waals surface area contributed by atoms with Crippen molar-refractivity contribution in [3.63, 3.8) is 0 Å². The summed E-state index contributed by atoms with van der Waals surface area (Å²) in [5.41, 5.74) is 2.00. The molecule has 4 nitrogen and oxygen atoms in total. The van der Waals surface area contributed by atoms with Crippen LogP contribution in [0.25, 0.3) is 0 Å². The van der Waals surface area contributed by atoms with Gasteiger partial charge >= 0.3 is 7.12 Å². The van der Waals surface area contributed by atoms with Crippen molar-refractivity contribution < 1.29 is 14.1 Å². The van der Waals surface area contributed by atoms with E-state index in [9.17, 15) is 4.79 Å². The minimum absolute atomic E-state index is 0.116. The molecule has 2 saturated heterocycles. The molecule has 136 valence electrons. The van der Waals surface area contributed by atoms with Gasteiger partial charge in [-0.2, -0.15) is 0 Å². The summed E-state index contributed by atoms with van der Waals surface area (Å²) in [5.74, 6) is 0.116. The third kappa shape index (κ3) is 3.36. The van der Waals surface area contributed by atoms with Gasteiger partial charge in [0.2, 0.25) is 0 Å². The van der Waals surface area contributed by atoms with Crippen molar-refractivity contribution in [1.82, 2.24) is 4.90 Å². The summed E-state index contributed by atoms with van der Waals surface area (Å²) in [7, 11) is -0.434. The summed E-state index contributed by atoms with van der Waals surface area (Å²) in [5, 5.41) is 0. The molecule has 1 amide bonds. The number of likely N-dealkylation sites (tertiary alicyclic amines) is 1. The zero-order valence-corrected chi connectivity index (χ0v) is 16.4. The minimum atomic E-state index is -0.434. The Morgan fingerprint density at radius 2 is 1.80 bits per heavy atom. The highest BCUT2D eigenvalue weighted by molar-refractivity contribution is 6.62. The van der Waals surface area contributed by atoms with E-state index < -0.39 is 7.12 Å². The van der Waals surface area contributed by atoms with Crippen LogP contribution in [-0.2, 0) is 9.31 Å². The summed E-state index contributed by atoms with van der Waals surface area (Å²) < 4.78 is 12.4. The standard InChI is InChI=1S/C20H30BNO3/c1-14-10-11-16(18(23)22-12-8-7-9-15(22)2)13-17(14)21-24-19(3,4)20(5,6)25-21/h10-11,13,15H,7-9,12H2,1-6H3. The van der Waals surface area contributed by atoms with Crippen LogP contribution in [0.5, 0.6) is 0 Å². The Morgan fingerprint density at radius 1 is 1.16 bits per heavy atom. The number of benzene rings is 1. The Morgan fingerprint density at radius 3 is 2.40 bits per heavy atom. The minimum Gasteiger partial charge on any atom is -0.399 e. The highest BCUT2D eigenvalue weighted by atomic mass is 16.7. The second kappa shape index (κ2) is 6.44. The first-order chi connectivity index (χ1) is 11.6. The van der Waals surface area contributed by atoms with Gasteiger partial charge in [0.25, 0.3) is 5.91 Å². The number of carbonyl (C=O) groups excluding carboxylic acids is 1. The number of piperidine rings is 1. The van der Waals surface area contributed by atoms with Crippen LogP contribution in [0.2, 0.25) is 0 Å². The number of aryl methyl sites for hydroxylation is 1. The van der Waals surface area contributed by atoms with Gasteiger partial charge in [0, 0.05) is 18.2 Å². The highest BCUT2D eigenvalue weighted by Gasteiger charge is 2.52. The Balaban J connectivity index is 1.88. The van der Waals surface area contributed by atoms with Crippen molar-refractivity contribution >= 4 is 18.5 Å². The van der Waals surface area contributed by atoms with E-state index >= 15 is 0 Å². The summed E-state index contributed by atoms with van der Waals surface area (Å²) in [6.07, 6.45) is 3.38. The van der Waals surface area contributed by atoms with Crippen LogP contribution in [0.1, 0.15) is 69.8 Å². The molecule has 1 aromatic rings. The normalized spacial score (nSPS) is 25.3. The van der Waals surface area contributed by atoms with Crippen molar-refractivity contribution in [2.24, 2.45) is 0 Å². The van der Waals surface area contributed by atoms with Crippen molar-refractivity contribution in [3.05, 3.63) is 29.3 Å². The molecule has 0 spiro atoms. The molecule has 0 radical (unpaired) electrons. The van der Waals surface area contributed by atoms with Crippen LogP contribution >= 0.6 is 0 Å². The van der Waals surface area contributed by atoms with Crippen molar-refractivity contribution in [2.45, 2.75) is 78.0 Å². The Labute approximate surface area is 152 Å². The highest BCUT2D eigenvalue weighted by Crippen LogP contribution is 2.36. The molecule has 0 aromatic heterocycles. The maximum Gasteiger partial charge on any atom is 0.495 e. The lowest BCUT2D eigenvalue weighted by Crippen LogP contribution is -2.43. The lowest BCUT2D eigenvalue weighted by molar-refractivity contribution is 0.00578. The summed E-state index contributed by atoms with van der Waals surface area (Å²) in [4.78, 5) is 15.0. The first-order valence-corrected chi connectivity index (χ1v) is 9.39. The third-order valence-electron chi connectivity index (χ3n) is 6.10. The van der Waals surface area contributed by atoms with Crippen LogP contribution in [0, 0.1) is 6.92 Å². The number of hydrogen-bond acceptors (Lipinski definition) is 3. The lowest BCUT2D eigenvalue weighted by Gasteiger charge is -2.33. The van der Waals surface area contributed by atoms with Gasteiger partial charge in [-0.3, -0.25) is 4.79 Å². The van der Waals surface area contributed by atoms with Gasteiger partial charge in [0.1, 0.15) is 0 Å². The first-order valence-electron chi connectivity index (χ1n) is 9.39. The van der Waals surface area contributed by atoms with E-state index in [0.29, 0.717) is 6.04 Å². The predicted molar refractivity (Wildman–Crippen MR) is 101 cm³/mol. The van der Waals surface area contributed by atoms with E-state index in [1.807, 2.05) is 57.7 Å². The number of carbonyl (C=O) groups is 1. The fourth-order valence-corrected chi connectivity index (χ4v) is 3.56. The van der Waals surface area contributed by atoms with Crippen LogP contribution in [0.4, 0.5) is 0 Å². The molecule has 3 rings (SSSR count). The Hall–Kier alpha value is -1.33. The average Bonchev–Trinajstić information content (AvgIpc) is 2.75. The van der Waals surface area contributed by atoms with Crippen molar-refractivity contribution in [3.8, 4) is 0 Å². The quantitative estimate of drug-likeness (QED) is 0.774. The number of amides is 1. The first kappa shape index (κ1) is 18.5. The molecule has 0 bridgehead atoms. The summed E-state index contributed by atoms with van der Waals surface area (Å²) in [6.45, 7) is 13.2. The molecule has 2 fully saturated rings. The fourth-order valence-electron chi connectivity index (χ4n) is 3.56. The van der Waals surface area contributed by atoms with Crippen molar-refractivity contribution in [2.75, 3.05) is 6.54 Å². The molecule has 0 saturated carbocycles. The predicted octanol–water partition coefficient (Wildman–Crippen LogP) is 3.31. The number of nitrogens with zero attached hydrogens (tertiary/aromatic N) is 1. The van der Waals surface area contributed by atoms with E-state index in [2.05, 4.69) is 6.92 Å². The van der Waals surface area contributed by atoms with Gasteiger partial charge in [-0.25, -0.2) is 0 Å². The van der Waals surface area contributed by atoms with Gasteiger partial charge in [0.15, 0.2) is 0 Å². The smallest absolute Gasteiger partial charge is 0.399 e. The molecule has 2 heterocycles. The molecule has 0 aliphatic carbocycles. The van der Waals surface area contributed by atoms with Crippen LogP contribution in [-0.4, -0.2) is 41.7 Å². The Bertz CT molecular complexity index is 655. The van der Waals surface area contributed by atoms with E-state index in [0.717, 1.165) is 36.0 Å². The zero-order chi connectivity index (χ0) is 18.4. The topological polar surface area (TPSA) is 38.8 Å². The molecule has 1 aromatic carbocycles. The molecule has 25 heavy (non-hydrogen) atoms. The summed E-state index contributed by atoms with van der Waals surface area (Å²) in [6, 6.07) is 6.19. The maximum atomic E-state index is 13.0. The third-order valence-corrected chi connectivity index (χ3v) is 6.10.